The Hall–Kier alpha value is -5.10. The smallest absolute Gasteiger partial charge is 0.326 e. The number of nitrogens with zero attached hydrogens (tertiary/aromatic N) is 2. The maximum atomic E-state index is 13.6. The number of amides is 3. The molecule has 4 aromatic rings. The van der Waals surface area contributed by atoms with E-state index in [-0.39, 0.29) is 17.9 Å². The number of carbonyl (C=O) groups is 4. The normalized spacial score (nSPS) is 13.8. The molecule has 54 heavy (non-hydrogen) atoms. The van der Waals surface area contributed by atoms with Gasteiger partial charge in [-0.05, 0) is 60.1 Å². The maximum absolute atomic E-state index is 13.6. The van der Waals surface area contributed by atoms with E-state index in [9.17, 15) is 24.3 Å². The lowest BCUT2D eigenvalue weighted by Crippen LogP contribution is -2.53. The number of hydrogen-bond acceptors (Lipinski definition) is 8. The van der Waals surface area contributed by atoms with Gasteiger partial charge in [0.05, 0.1) is 17.9 Å². The Kier molecular flexibility index (Phi) is 13.9. The van der Waals surface area contributed by atoms with E-state index in [0.29, 0.717) is 17.3 Å². The molecule has 11 nitrogen and oxygen atoms in total. The molecule has 286 valence electrons. The van der Waals surface area contributed by atoms with Gasteiger partial charge in [0.1, 0.15) is 17.8 Å². The second-order valence-electron chi connectivity index (χ2n) is 14.9. The number of hydrogen-bond donors (Lipinski definition) is 4. The highest BCUT2D eigenvalue weighted by Crippen LogP contribution is 2.30. The van der Waals surface area contributed by atoms with Crippen LogP contribution in [0.1, 0.15) is 99.2 Å². The van der Waals surface area contributed by atoms with Gasteiger partial charge < -0.3 is 25.8 Å². The van der Waals surface area contributed by atoms with Crippen molar-refractivity contribution in [2.45, 2.75) is 109 Å². The quantitative estimate of drug-likeness (QED) is 0.0739. The number of aromatic nitrogens is 2. The molecule has 5 rings (SSSR count). The van der Waals surface area contributed by atoms with Gasteiger partial charge in [-0.3, -0.25) is 14.4 Å². The molecule has 2 unspecified atom stereocenters. The summed E-state index contributed by atoms with van der Waals surface area (Å²) in [5, 5.41) is 17.9. The molecular weight excluding hydrogens is 703 g/mol. The summed E-state index contributed by atoms with van der Waals surface area (Å²) in [6.45, 7) is 9.07. The van der Waals surface area contributed by atoms with Gasteiger partial charge >= 0.3 is 5.97 Å². The van der Waals surface area contributed by atoms with Crippen molar-refractivity contribution in [2.24, 2.45) is 0 Å². The third kappa shape index (κ3) is 12.0. The van der Waals surface area contributed by atoms with E-state index in [1.807, 2.05) is 54.6 Å². The van der Waals surface area contributed by atoms with Crippen molar-refractivity contribution in [2.75, 3.05) is 6.61 Å². The molecular formula is C42H51N5O6S. The molecule has 0 saturated heterocycles. The highest BCUT2D eigenvalue weighted by Gasteiger charge is 2.31. The summed E-state index contributed by atoms with van der Waals surface area (Å²) in [6, 6.07) is 16.3. The minimum Gasteiger partial charge on any atom is -0.494 e. The second-order valence-corrected chi connectivity index (χ2v) is 16.0. The minimum absolute atomic E-state index is 0.0529. The molecule has 4 N–H and O–H groups in total. The van der Waals surface area contributed by atoms with E-state index in [1.165, 1.54) is 37.0 Å². The first-order valence-corrected chi connectivity index (χ1v) is 19.6. The Morgan fingerprint density at radius 1 is 0.833 bits per heavy atom. The van der Waals surface area contributed by atoms with Crippen LogP contribution >= 0.6 is 11.3 Å². The average Bonchev–Trinajstić information content (AvgIpc) is 3.81. The van der Waals surface area contributed by atoms with Crippen LogP contribution in [0.3, 0.4) is 0 Å². The number of carbonyl (C=O) groups excluding carboxylic acids is 3. The van der Waals surface area contributed by atoms with Crippen molar-refractivity contribution >= 4 is 35.0 Å². The monoisotopic (exact) mass is 753 g/mol. The Balaban J connectivity index is 1.24. The molecule has 0 radical (unpaired) electrons. The predicted octanol–water partition coefficient (Wildman–Crippen LogP) is 7.10. The second kappa shape index (κ2) is 18.8. The van der Waals surface area contributed by atoms with Gasteiger partial charge in [0.25, 0.3) is 5.91 Å². The van der Waals surface area contributed by atoms with Gasteiger partial charge in [0.15, 0.2) is 5.82 Å². The largest absolute Gasteiger partial charge is 0.494 e. The Bertz CT molecular complexity index is 1860. The fraction of sp³-hybridized carbons (Fsp3) is 0.429. The summed E-state index contributed by atoms with van der Waals surface area (Å²) < 4.78 is 5.89. The number of aliphatic carboxylic acids is 1. The SMILES string of the molecule is CCCCCCCOc1ccc(-c2cnc(-c3ccc(CC(NC(=O)c4ccc(C(C)(C)C)s4)C(=O)NC(CC(=O)NC4CC4)C(=O)O)cc3)nc2)cc1. The van der Waals surface area contributed by atoms with Crippen LogP contribution in [0.15, 0.2) is 73.1 Å². The first-order valence-electron chi connectivity index (χ1n) is 18.8. The minimum atomic E-state index is -1.45. The number of carboxylic acid groups (broad SMARTS) is 1. The average molecular weight is 754 g/mol. The first-order chi connectivity index (χ1) is 25.9. The molecule has 0 bridgehead atoms. The van der Waals surface area contributed by atoms with Crippen LogP contribution in [0.25, 0.3) is 22.5 Å². The molecule has 2 aromatic carbocycles. The van der Waals surface area contributed by atoms with Gasteiger partial charge in [-0.1, -0.05) is 89.8 Å². The van der Waals surface area contributed by atoms with E-state index in [1.54, 1.807) is 18.5 Å². The zero-order valence-corrected chi connectivity index (χ0v) is 32.3. The van der Waals surface area contributed by atoms with Crippen LogP contribution in [0, 0.1) is 0 Å². The molecule has 1 aliphatic rings. The molecule has 1 aliphatic carbocycles. The van der Waals surface area contributed by atoms with Crippen LogP contribution in [0.2, 0.25) is 0 Å². The van der Waals surface area contributed by atoms with E-state index in [2.05, 4.69) is 53.6 Å². The van der Waals surface area contributed by atoms with Crippen LogP contribution in [0.5, 0.6) is 5.75 Å². The van der Waals surface area contributed by atoms with Crippen LogP contribution < -0.4 is 20.7 Å². The lowest BCUT2D eigenvalue weighted by atomic mass is 9.95. The molecule has 2 atom stereocenters. The van der Waals surface area contributed by atoms with Crippen molar-refractivity contribution < 1.29 is 29.0 Å². The molecule has 12 heteroatoms. The van der Waals surface area contributed by atoms with Crippen molar-refractivity contribution in [3.8, 4) is 28.3 Å². The van der Waals surface area contributed by atoms with Crippen LogP contribution in [0.4, 0.5) is 0 Å². The Morgan fingerprint density at radius 2 is 1.50 bits per heavy atom. The number of thiophene rings is 1. The first kappa shape index (κ1) is 40.1. The van der Waals surface area contributed by atoms with Crippen LogP contribution in [-0.4, -0.2) is 63.5 Å². The van der Waals surface area contributed by atoms with Gasteiger partial charge in [-0.25, -0.2) is 14.8 Å². The molecule has 0 aliphatic heterocycles. The lowest BCUT2D eigenvalue weighted by Gasteiger charge is -2.21. The fourth-order valence-electron chi connectivity index (χ4n) is 5.76. The summed E-state index contributed by atoms with van der Waals surface area (Å²) in [5.74, 6) is -1.57. The summed E-state index contributed by atoms with van der Waals surface area (Å²) in [6.07, 6.45) is 10.9. The van der Waals surface area contributed by atoms with Gasteiger partial charge in [-0.2, -0.15) is 0 Å². The highest BCUT2D eigenvalue weighted by atomic mass is 32.1. The number of rotatable bonds is 19. The number of benzene rings is 2. The summed E-state index contributed by atoms with van der Waals surface area (Å²) in [7, 11) is 0. The van der Waals surface area contributed by atoms with E-state index in [0.717, 1.165) is 52.1 Å². The van der Waals surface area contributed by atoms with E-state index in [4.69, 9.17) is 4.74 Å². The van der Waals surface area contributed by atoms with Crippen molar-refractivity contribution in [1.82, 2.24) is 25.9 Å². The molecule has 2 heterocycles. The van der Waals surface area contributed by atoms with Gasteiger partial charge in [0.2, 0.25) is 11.8 Å². The number of unbranched alkanes of at least 4 members (excludes halogenated alkanes) is 4. The highest BCUT2D eigenvalue weighted by molar-refractivity contribution is 7.14. The standard InChI is InChI=1S/C42H51N5O6S/c1-5-6-7-8-9-22-53-32-18-14-28(15-19-32)30-25-43-38(44-26-30)29-12-10-27(11-13-29)23-33(46-40(50)35-20-21-36(54-35)42(2,3)4)39(49)47-34(41(51)52)24-37(48)45-31-16-17-31/h10-15,18-21,25-26,31,33-34H,5-9,16-17,22-24H2,1-4H3,(H,45,48)(H,46,50)(H,47,49)(H,51,52). The number of carboxylic acids is 1. The third-order valence-corrected chi connectivity index (χ3v) is 10.7. The Labute approximate surface area is 321 Å². The number of ether oxygens (including phenoxy) is 1. The summed E-state index contributed by atoms with van der Waals surface area (Å²) in [4.78, 5) is 62.1. The van der Waals surface area contributed by atoms with E-state index >= 15 is 0 Å². The van der Waals surface area contributed by atoms with Crippen molar-refractivity contribution in [1.29, 1.82) is 0 Å². The summed E-state index contributed by atoms with van der Waals surface area (Å²) in [5.41, 5.74) is 3.17. The third-order valence-electron chi connectivity index (χ3n) is 9.15. The van der Waals surface area contributed by atoms with Crippen LogP contribution in [-0.2, 0) is 26.2 Å². The maximum Gasteiger partial charge on any atom is 0.326 e. The molecule has 0 spiro atoms. The fourth-order valence-corrected chi connectivity index (χ4v) is 6.73. The zero-order chi connectivity index (χ0) is 38.7. The van der Waals surface area contributed by atoms with Gasteiger partial charge in [-0.15, -0.1) is 11.3 Å². The topological polar surface area (TPSA) is 160 Å². The predicted molar refractivity (Wildman–Crippen MR) is 210 cm³/mol. The van der Waals surface area contributed by atoms with Crippen molar-refractivity contribution in [3.05, 3.63) is 88.4 Å². The summed E-state index contributed by atoms with van der Waals surface area (Å²) >= 11 is 1.34. The Morgan fingerprint density at radius 3 is 2.11 bits per heavy atom. The number of nitrogens with one attached hydrogen (secondary N) is 3. The van der Waals surface area contributed by atoms with E-state index < -0.39 is 42.2 Å². The molecule has 2 aromatic heterocycles. The molecule has 1 fully saturated rings. The van der Waals surface area contributed by atoms with Gasteiger partial charge in [0, 0.05) is 40.9 Å². The molecule has 3 amide bonds. The lowest BCUT2D eigenvalue weighted by molar-refractivity contribution is -0.143. The zero-order valence-electron chi connectivity index (χ0n) is 31.5. The molecule has 1 saturated carbocycles. The van der Waals surface area contributed by atoms with Crippen molar-refractivity contribution in [3.63, 3.8) is 0 Å².